The third kappa shape index (κ3) is 11.9. The molecule has 0 spiro atoms. The highest BCUT2D eigenvalue weighted by molar-refractivity contribution is 14.0. The summed E-state index contributed by atoms with van der Waals surface area (Å²) >= 11 is 0. The maximum Gasteiger partial charge on any atom is 0.191 e. The van der Waals surface area contributed by atoms with Gasteiger partial charge in [-0.15, -0.1) is 24.0 Å². The molecule has 2 atom stereocenters. The second-order valence-electron chi connectivity index (χ2n) is 7.79. The zero-order valence-corrected chi connectivity index (χ0v) is 21.9. The summed E-state index contributed by atoms with van der Waals surface area (Å²) in [6, 6.07) is 8.04. The molecule has 1 aliphatic heterocycles. The number of benzene rings is 1. The molecule has 0 aromatic heterocycles. The third-order valence-electron chi connectivity index (χ3n) is 4.98. The largest absolute Gasteiger partial charge is 0.497 e. The van der Waals surface area contributed by atoms with Crippen molar-refractivity contribution in [2.24, 2.45) is 4.99 Å². The van der Waals surface area contributed by atoms with E-state index in [0.717, 1.165) is 76.1 Å². The maximum absolute atomic E-state index is 5.82. The standard InChI is InChI=1S/C23H40N4O3.HI/c1-5-29-15-7-13-25-23(26-16-21-8-10-22(28-4)11-9-21)24-12-6-14-27-17-19(2)30-20(3)18-27;/h8-11,19-20H,5-7,12-18H2,1-4H3,(H2,24,25,26);1H. The molecule has 0 radical (unpaired) electrons. The molecule has 0 amide bonds. The van der Waals surface area contributed by atoms with Gasteiger partial charge in [-0.05, 0) is 51.3 Å². The Kier molecular flexibility index (Phi) is 14.9. The van der Waals surface area contributed by atoms with E-state index < -0.39 is 0 Å². The number of guanidine groups is 1. The Morgan fingerprint density at radius 3 is 2.35 bits per heavy atom. The van der Waals surface area contributed by atoms with Crippen LogP contribution in [0.2, 0.25) is 0 Å². The molecule has 2 N–H and O–H groups in total. The average Bonchev–Trinajstić information content (AvgIpc) is 2.74. The first-order valence-electron chi connectivity index (χ1n) is 11.2. The van der Waals surface area contributed by atoms with Crippen molar-refractivity contribution in [3.63, 3.8) is 0 Å². The summed E-state index contributed by atoms with van der Waals surface area (Å²) in [6.07, 6.45) is 2.66. The van der Waals surface area contributed by atoms with E-state index in [1.165, 1.54) is 0 Å². The van der Waals surface area contributed by atoms with E-state index in [0.29, 0.717) is 18.8 Å². The topological polar surface area (TPSA) is 67.3 Å². The lowest BCUT2D eigenvalue weighted by molar-refractivity contribution is -0.0679. The van der Waals surface area contributed by atoms with Gasteiger partial charge in [-0.1, -0.05) is 12.1 Å². The molecule has 31 heavy (non-hydrogen) atoms. The Hall–Kier alpha value is -1.10. The number of halogens is 1. The van der Waals surface area contributed by atoms with Gasteiger partial charge in [0.1, 0.15) is 5.75 Å². The monoisotopic (exact) mass is 548 g/mol. The zero-order chi connectivity index (χ0) is 21.6. The minimum Gasteiger partial charge on any atom is -0.497 e. The van der Waals surface area contributed by atoms with Crippen molar-refractivity contribution in [2.45, 2.75) is 52.4 Å². The lowest BCUT2D eigenvalue weighted by Gasteiger charge is -2.35. The van der Waals surface area contributed by atoms with Crippen LogP contribution in [0.4, 0.5) is 0 Å². The Morgan fingerprint density at radius 1 is 1.10 bits per heavy atom. The van der Waals surface area contributed by atoms with E-state index >= 15 is 0 Å². The number of ether oxygens (including phenoxy) is 3. The van der Waals surface area contributed by atoms with Gasteiger partial charge < -0.3 is 24.8 Å². The summed E-state index contributed by atoms with van der Waals surface area (Å²) in [5, 5.41) is 6.91. The number of hydrogen-bond donors (Lipinski definition) is 2. The van der Waals surface area contributed by atoms with Crippen molar-refractivity contribution in [1.82, 2.24) is 15.5 Å². The molecule has 1 aliphatic rings. The van der Waals surface area contributed by atoms with Gasteiger partial charge in [-0.3, -0.25) is 4.90 Å². The Morgan fingerprint density at radius 2 is 1.74 bits per heavy atom. The lowest BCUT2D eigenvalue weighted by atomic mass is 10.2. The van der Waals surface area contributed by atoms with Gasteiger partial charge in [-0.25, -0.2) is 4.99 Å². The van der Waals surface area contributed by atoms with Gasteiger partial charge in [0.2, 0.25) is 0 Å². The number of hydrogen-bond acceptors (Lipinski definition) is 5. The van der Waals surface area contributed by atoms with Crippen LogP contribution in [-0.4, -0.2) is 76.1 Å². The number of aliphatic imine (C=N–C) groups is 1. The molecular formula is C23H41IN4O3. The molecule has 7 nitrogen and oxygen atoms in total. The number of morpholine rings is 1. The quantitative estimate of drug-likeness (QED) is 0.181. The van der Waals surface area contributed by atoms with Crippen LogP contribution in [-0.2, 0) is 16.0 Å². The lowest BCUT2D eigenvalue weighted by Crippen LogP contribution is -2.46. The fraction of sp³-hybridized carbons (Fsp3) is 0.696. The van der Waals surface area contributed by atoms with Crippen molar-refractivity contribution in [3.05, 3.63) is 29.8 Å². The third-order valence-corrected chi connectivity index (χ3v) is 4.98. The van der Waals surface area contributed by atoms with E-state index in [2.05, 4.69) is 41.5 Å². The molecule has 1 heterocycles. The number of methoxy groups -OCH3 is 1. The van der Waals surface area contributed by atoms with Crippen LogP contribution in [0.1, 0.15) is 39.2 Å². The van der Waals surface area contributed by atoms with Crippen LogP contribution in [0.15, 0.2) is 29.3 Å². The first kappa shape index (κ1) is 27.9. The number of nitrogens with one attached hydrogen (secondary N) is 2. The fourth-order valence-corrected chi connectivity index (χ4v) is 3.58. The van der Waals surface area contributed by atoms with E-state index in [-0.39, 0.29) is 24.0 Å². The van der Waals surface area contributed by atoms with Crippen LogP contribution in [0.5, 0.6) is 5.75 Å². The second-order valence-corrected chi connectivity index (χ2v) is 7.79. The highest BCUT2D eigenvalue weighted by atomic mass is 127. The molecule has 2 unspecified atom stereocenters. The minimum absolute atomic E-state index is 0. The van der Waals surface area contributed by atoms with E-state index in [4.69, 9.17) is 19.2 Å². The van der Waals surface area contributed by atoms with Crippen molar-refractivity contribution < 1.29 is 14.2 Å². The zero-order valence-electron chi connectivity index (χ0n) is 19.6. The molecule has 8 heteroatoms. The SMILES string of the molecule is CCOCCCNC(=NCc1ccc(OC)cc1)NCCCN1CC(C)OC(C)C1.I. The summed E-state index contributed by atoms with van der Waals surface area (Å²) in [5.74, 6) is 1.72. The first-order chi connectivity index (χ1) is 14.6. The molecule has 2 rings (SSSR count). The molecule has 1 aromatic rings. The molecule has 1 aromatic carbocycles. The molecule has 0 bridgehead atoms. The van der Waals surface area contributed by atoms with E-state index in [1.807, 2.05) is 19.1 Å². The first-order valence-corrected chi connectivity index (χ1v) is 11.2. The highest BCUT2D eigenvalue weighted by Crippen LogP contribution is 2.12. The number of rotatable bonds is 12. The van der Waals surface area contributed by atoms with Crippen LogP contribution >= 0.6 is 24.0 Å². The van der Waals surface area contributed by atoms with E-state index in [9.17, 15) is 0 Å². The Bertz CT molecular complexity index is 605. The summed E-state index contributed by atoms with van der Waals surface area (Å²) in [4.78, 5) is 7.25. The van der Waals surface area contributed by atoms with Gasteiger partial charge in [0.25, 0.3) is 0 Å². The van der Waals surface area contributed by atoms with Crippen molar-refractivity contribution in [3.8, 4) is 5.75 Å². The Balaban J connectivity index is 0.00000480. The summed E-state index contributed by atoms with van der Waals surface area (Å²) in [6.45, 7) is 13.3. The summed E-state index contributed by atoms with van der Waals surface area (Å²) < 4.78 is 16.5. The molecule has 178 valence electrons. The predicted octanol–water partition coefficient (Wildman–Crippen LogP) is 3.27. The van der Waals surface area contributed by atoms with Gasteiger partial charge in [0.15, 0.2) is 5.96 Å². The highest BCUT2D eigenvalue weighted by Gasteiger charge is 2.21. The molecule has 0 saturated carbocycles. The second kappa shape index (κ2) is 16.5. The van der Waals surface area contributed by atoms with Crippen LogP contribution in [0.3, 0.4) is 0 Å². The maximum atomic E-state index is 5.82. The normalized spacial score (nSPS) is 19.5. The van der Waals surface area contributed by atoms with Gasteiger partial charge in [0, 0.05) is 45.9 Å². The van der Waals surface area contributed by atoms with Gasteiger partial charge in [0.05, 0.1) is 25.9 Å². The van der Waals surface area contributed by atoms with Crippen molar-refractivity contribution in [2.75, 3.05) is 53.0 Å². The van der Waals surface area contributed by atoms with Crippen LogP contribution in [0, 0.1) is 0 Å². The average molecular weight is 549 g/mol. The molecule has 1 fully saturated rings. The molecule has 0 aliphatic carbocycles. The van der Waals surface area contributed by atoms with Crippen LogP contribution in [0.25, 0.3) is 0 Å². The number of nitrogens with zero attached hydrogens (tertiary/aromatic N) is 2. The van der Waals surface area contributed by atoms with Crippen molar-refractivity contribution in [1.29, 1.82) is 0 Å². The smallest absolute Gasteiger partial charge is 0.191 e. The molecule has 1 saturated heterocycles. The van der Waals surface area contributed by atoms with E-state index in [1.54, 1.807) is 7.11 Å². The minimum atomic E-state index is 0. The van der Waals surface area contributed by atoms with Gasteiger partial charge in [-0.2, -0.15) is 0 Å². The van der Waals surface area contributed by atoms with Crippen molar-refractivity contribution >= 4 is 29.9 Å². The van der Waals surface area contributed by atoms with Crippen LogP contribution < -0.4 is 15.4 Å². The summed E-state index contributed by atoms with van der Waals surface area (Å²) in [5.41, 5.74) is 1.16. The fourth-order valence-electron chi connectivity index (χ4n) is 3.58. The Labute approximate surface area is 205 Å². The summed E-state index contributed by atoms with van der Waals surface area (Å²) in [7, 11) is 1.68. The van der Waals surface area contributed by atoms with Gasteiger partial charge >= 0.3 is 0 Å². The molecular weight excluding hydrogens is 507 g/mol. The predicted molar refractivity (Wildman–Crippen MR) is 138 cm³/mol.